The molecule has 2 aromatic heterocycles. The summed E-state index contributed by atoms with van der Waals surface area (Å²) >= 11 is 1.52. The Hall–Kier alpha value is -2.67. The normalized spacial score (nSPS) is 17.5. The van der Waals surface area contributed by atoms with E-state index in [2.05, 4.69) is 15.4 Å². The van der Waals surface area contributed by atoms with Gasteiger partial charge in [-0.2, -0.15) is 5.10 Å². The molecular weight excluding hydrogens is 322 g/mol. The molecular formula is C17H17N5OS. The standard InChI is InChI=1S/C17H17N5OS/c1-21-10-13(9-18-21)22-8-7-14(16(22)23)19-17-20-15(11-24-17)12-5-3-2-4-6-12/h2-6,9-11,14H,7-8H2,1H3,(H,19,20). The minimum absolute atomic E-state index is 0.0689. The Labute approximate surface area is 143 Å². The second-order valence-electron chi connectivity index (χ2n) is 5.75. The average molecular weight is 339 g/mol. The summed E-state index contributed by atoms with van der Waals surface area (Å²) < 4.78 is 1.70. The number of nitrogens with zero attached hydrogens (tertiary/aromatic N) is 4. The first-order valence-corrected chi connectivity index (χ1v) is 8.66. The molecule has 7 heteroatoms. The van der Waals surface area contributed by atoms with Crippen LogP contribution in [-0.4, -0.2) is 33.3 Å². The van der Waals surface area contributed by atoms with E-state index in [1.54, 1.807) is 15.8 Å². The predicted molar refractivity (Wildman–Crippen MR) is 95.1 cm³/mol. The van der Waals surface area contributed by atoms with Gasteiger partial charge in [0.1, 0.15) is 6.04 Å². The van der Waals surface area contributed by atoms with Crippen LogP contribution in [0.5, 0.6) is 0 Å². The van der Waals surface area contributed by atoms with E-state index in [0.29, 0.717) is 6.54 Å². The van der Waals surface area contributed by atoms with Crippen LogP contribution in [0, 0.1) is 0 Å². The van der Waals surface area contributed by atoms with Gasteiger partial charge in [0.15, 0.2) is 5.13 Å². The van der Waals surface area contributed by atoms with Crippen LogP contribution < -0.4 is 10.2 Å². The van der Waals surface area contributed by atoms with Gasteiger partial charge in [0.2, 0.25) is 5.91 Å². The van der Waals surface area contributed by atoms with Crippen LogP contribution in [0.25, 0.3) is 11.3 Å². The molecule has 0 bridgehead atoms. The molecule has 1 aromatic carbocycles. The Balaban J connectivity index is 1.47. The molecule has 1 fully saturated rings. The van der Waals surface area contributed by atoms with Crippen molar-refractivity contribution in [3.63, 3.8) is 0 Å². The Morgan fingerprint density at radius 1 is 1.29 bits per heavy atom. The largest absolute Gasteiger partial charge is 0.350 e. The van der Waals surface area contributed by atoms with E-state index in [9.17, 15) is 4.79 Å². The van der Waals surface area contributed by atoms with Gasteiger partial charge in [-0.25, -0.2) is 4.98 Å². The number of hydrogen-bond acceptors (Lipinski definition) is 5. The second-order valence-corrected chi connectivity index (χ2v) is 6.61. The van der Waals surface area contributed by atoms with E-state index in [4.69, 9.17) is 0 Å². The third kappa shape index (κ3) is 2.78. The van der Waals surface area contributed by atoms with Crippen molar-refractivity contribution in [3.05, 3.63) is 48.1 Å². The zero-order chi connectivity index (χ0) is 16.5. The molecule has 1 unspecified atom stereocenters. The van der Waals surface area contributed by atoms with Crippen LogP contribution in [0.2, 0.25) is 0 Å². The number of hydrogen-bond donors (Lipinski definition) is 1. The Bertz CT molecular complexity index is 857. The fourth-order valence-corrected chi connectivity index (χ4v) is 3.62. The zero-order valence-electron chi connectivity index (χ0n) is 13.2. The zero-order valence-corrected chi connectivity index (χ0v) is 14.0. The predicted octanol–water partition coefficient (Wildman–Crippen LogP) is 2.76. The van der Waals surface area contributed by atoms with Crippen LogP contribution in [0.15, 0.2) is 48.1 Å². The molecule has 122 valence electrons. The smallest absolute Gasteiger partial charge is 0.249 e. The van der Waals surface area contributed by atoms with Crippen LogP contribution in [0.4, 0.5) is 10.8 Å². The summed E-state index contributed by atoms with van der Waals surface area (Å²) in [6.07, 6.45) is 4.34. The minimum Gasteiger partial charge on any atom is -0.350 e. The molecule has 1 aliphatic heterocycles. The van der Waals surface area contributed by atoms with Gasteiger partial charge in [-0.3, -0.25) is 9.48 Å². The molecule has 4 rings (SSSR count). The van der Waals surface area contributed by atoms with Crippen LogP contribution in [0.3, 0.4) is 0 Å². The second kappa shape index (κ2) is 6.09. The summed E-state index contributed by atoms with van der Waals surface area (Å²) in [7, 11) is 1.85. The van der Waals surface area contributed by atoms with Crippen molar-refractivity contribution in [3.8, 4) is 11.3 Å². The van der Waals surface area contributed by atoms with Crippen molar-refractivity contribution in [2.45, 2.75) is 12.5 Å². The van der Waals surface area contributed by atoms with Gasteiger partial charge < -0.3 is 10.2 Å². The van der Waals surface area contributed by atoms with Crippen molar-refractivity contribution in [2.24, 2.45) is 7.05 Å². The van der Waals surface area contributed by atoms with Gasteiger partial charge in [-0.15, -0.1) is 11.3 Å². The fourth-order valence-electron chi connectivity index (χ4n) is 2.85. The van der Waals surface area contributed by atoms with E-state index >= 15 is 0 Å². The number of aryl methyl sites for hydroxylation is 1. The Morgan fingerprint density at radius 2 is 2.12 bits per heavy atom. The molecule has 1 atom stereocenters. The van der Waals surface area contributed by atoms with Gasteiger partial charge >= 0.3 is 0 Å². The molecule has 0 saturated carbocycles. The van der Waals surface area contributed by atoms with Crippen LogP contribution in [-0.2, 0) is 11.8 Å². The maximum absolute atomic E-state index is 12.6. The van der Waals surface area contributed by atoms with E-state index in [1.807, 2.05) is 49.0 Å². The molecule has 0 radical (unpaired) electrons. The molecule has 0 spiro atoms. The molecule has 1 amide bonds. The van der Waals surface area contributed by atoms with Gasteiger partial charge in [-0.05, 0) is 6.42 Å². The average Bonchev–Trinajstić information content (AvgIpc) is 3.31. The highest BCUT2D eigenvalue weighted by atomic mass is 32.1. The lowest BCUT2D eigenvalue weighted by atomic mass is 10.2. The quantitative estimate of drug-likeness (QED) is 0.794. The van der Waals surface area contributed by atoms with Gasteiger partial charge in [-0.1, -0.05) is 30.3 Å². The number of thiazole rings is 1. The highest BCUT2D eigenvalue weighted by molar-refractivity contribution is 7.14. The summed E-state index contributed by atoms with van der Waals surface area (Å²) in [5.74, 6) is 0.0689. The van der Waals surface area contributed by atoms with Crippen LogP contribution >= 0.6 is 11.3 Å². The minimum atomic E-state index is -0.236. The van der Waals surface area contributed by atoms with E-state index < -0.39 is 0 Å². The number of benzene rings is 1. The number of anilines is 2. The lowest BCUT2D eigenvalue weighted by Gasteiger charge is -2.14. The van der Waals surface area contributed by atoms with Crippen molar-refractivity contribution >= 4 is 28.1 Å². The number of carbonyl (C=O) groups excluding carboxylic acids is 1. The number of rotatable bonds is 4. The molecule has 1 saturated heterocycles. The highest BCUT2D eigenvalue weighted by Gasteiger charge is 2.33. The summed E-state index contributed by atoms with van der Waals surface area (Å²) in [5, 5.41) is 10.2. The first-order valence-electron chi connectivity index (χ1n) is 7.78. The number of carbonyl (C=O) groups is 1. The maximum Gasteiger partial charge on any atom is 0.249 e. The number of amides is 1. The van der Waals surface area contributed by atoms with E-state index in [-0.39, 0.29) is 11.9 Å². The topological polar surface area (TPSA) is 63.1 Å². The van der Waals surface area contributed by atoms with E-state index in [0.717, 1.165) is 28.5 Å². The van der Waals surface area contributed by atoms with Gasteiger partial charge in [0.25, 0.3) is 0 Å². The molecule has 3 aromatic rings. The summed E-state index contributed by atoms with van der Waals surface area (Å²) in [6, 6.07) is 9.80. The van der Waals surface area contributed by atoms with Crippen molar-refractivity contribution in [2.75, 3.05) is 16.8 Å². The molecule has 0 aliphatic carbocycles. The highest BCUT2D eigenvalue weighted by Crippen LogP contribution is 2.27. The third-order valence-electron chi connectivity index (χ3n) is 4.08. The first-order chi connectivity index (χ1) is 11.7. The van der Waals surface area contributed by atoms with Gasteiger partial charge in [0, 0.05) is 30.7 Å². The first kappa shape index (κ1) is 14.9. The monoisotopic (exact) mass is 339 g/mol. The van der Waals surface area contributed by atoms with Crippen molar-refractivity contribution in [1.82, 2.24) is 14.8 Å². The van der Waals surface area contributed by atoms with Crippen molar-refractivity contribution in [1.29, 1.82) is 0 Å². The molecule has 1 aliphatic rings. The number of nitrogens with one attached hydrogen (secondary N) is 1. The van der Waals surface area contributed by atoms with Crippen molar-refractivity contribution < 1.29 is 4.79 Å². The molecule has 3 heterocycles. The maximum atomic E-state index is 12.6. The summed E-state index contributed by atoms with van der Waals surface area (Å²) in [5.41, 5.74) is 2.85. The molecule has 6 nitrogen and oxygen atoms in total. The molecule has 1 N–H and O–H groups in total. The lowest BCUT2D eigenvalue weighted by molar-refractivity contribution is -0.117. The summed E-state index contributed by atoms with van der Waals surface area (Å²) in [6.45, 7) is 0.694. The van der Waals surface area contributed by atoms with E-state index in [1.165, 1.54) is 11.3 Å². The third-order valence-corrected chi connectivity index (χ3v) is 4.85. The Kier molecular flexibility index (Phi) is 3.78. The summed E-state index contributed by atoms with van der Waals surface area (Å²) in [4.78, 5) is 19.0. The SMILES string of the molecule is Cn1cc(N2CCC(Nc3nc(-c4ccccc4)cs3)C2=O)cn1. The van der Waals surface area contributed by atoms with Crippen LogP contribution in [0.1, 0.15) is 6.42 Å². The Morgan fingerprint density at radius 3 is 2.88 bits per heavy atom. The fraction of sp³-hybridized carbons (Fsp3) is 0.235. The number of aromatic nitrogens is 3. The lowest BCUT2D eigenvalue weighted by Crippen LogP contribution is -2.33. The van der Waals surface area contributed by atoms with Gasteiger partial charge in [0.05, 0.1) is 17.6 Å². The molecule has 24 heavy (non-hydrogen) atoms.